The number of rotatable bonds is 5. The first-order valence-electron chi connectivity index (χ1n) is 8.82. The SMILES string of the molecule is CCc1ccc(CNC(=O)[C@@H]2CC(=O)N(C3CCCC3)C2)cc1. The molecule has 0 aromatic heterocycles. The maximum atomic E-state index is 12.4. The van der Waals surface area contributed by atoms with Crippen LogP contribution in [0, 0.1) is 5.92 Å². The Hall–Kier alpha value is -1.84. The van der Waals surface area contributed by atoms with E-state index in [1.165, 1.54) is 18.4 Å². The normalized spacial score (nSPS) is 21.9. The van der Waals surface area contributed by atoms with E-state index in [9.17, 15) is 9.59 Å². The third-order valence-electron chi connectivity index (χ3n) is 5.19. The van der Waals surface area contributed by atoms with Crippen LogP contribution in [0.25, 0.3) is 0 Å². The average Bonchev–Trinajstić information content (AvgIpc) is 3.22. The molecule has 0 spiro atoms. The van der Waals surface area contributed by atoms with Gasteiger partial charge in [0.1, 0.15) is 0 Å². The molecule has 0 unspecified atom stereocenters. The van der Waals surface area contributed by atoms with Crippen LogP contribution >= 0.6 is 0 Å². The first-order valence-corrected chi connectivity index (χ1v) is 8.82. The van der Waals surface area contributed by atoms with E-state index in [0.29, 0.717) is 25.6 Å². The number of nitrogens with one attached hydrogen (secondary N) is 1. The lowest BCUT2D eigenvalue weighted by atomic mass is 10.1. The first kappa shape index (κ1) is 16.0. The highest BCUT2D eigenvalue weighted by molar-refractivity contribution is 5.89. The molecule has 2 amide bonds. The monoisotopic (exact) mass is 314 g/mol. The Morgan fingerprint density at radius 2 is 1.83 bits per heavy atom. The van der Waals surface area contributed by atoms with Crippen molar-refractivity contribution in [2.75, 3.05) is 6.54 Å². The van der Waals surface area contributed by atoms with Gasteiger partial charge in [-0.05, 0) is 30.4 Å². The molecular weight excluding hydrogens is 288 g/mol. The minimum absolute atomic E-state index is 0.0124. The van der Waals surface area contributed by atoms with Crippen molar-refractivity contribution in [3.63, 3.8) is 0 Å². The fraction of sp³-hybridized carbons (Fsp3) is 0.579. The molecule has 1 aliphatic heterocycles. The van der Waals surface area contributed by atoms with Crippen molar-refractivity contribution in [1.82, 2.24) is 10.2 Å². The van der Waals surface area contributed by atoms with Gasteiger partial charge >= 0.3 is 0 Å². The van der Waals surface area contributed by atoms with E-state index in [-0.39, 0.29) is 17.7 Å². The van der Waals surface area contributed by atoms with E-state index in [4.69, 9.17) is 0 Å². The van der Waals surface area contributed by atoms with Gasteiger partial charge in [-0.3, -0.25) is 9.59 Å². The summed E-state index contributed by atoms with van der Waals surface area (Å²) in [5, 5.41) is 2.99. The summed E-state index contributed by atoms with van der Waals surface area (Å²) >= 11 is 0. The molecule has 1 aromatic rings. The first-order chi connectivity index (χ1) is 11.2. The number of carbonyl (C=O) groups excluding carboxylic acids is 2. The molecule has 1 saturated heterocycles. The molecule has 2 fully saturated rings. The van der Waals surface area contributed by atoms with Gasteiger partial charge in [0.25, 0.3) is 0 Å². The molecule has 1 aliphatic carbocycles. The van der Waals surface area contributed by atoms with Crippen molar-refractivity contribution in [3.8, 4) is 0 Å². The summed E-state index contributed by atoms with van der Waals surface area (Å²) in [5.74, 6) is -0.0132. The molecule has 2 aliphatic rings. The summed E-state index contributed by atoms with van der Waals surface area (Å²) in [6.07, 6.45) is 6.01. The van der Waals surface area contributed by atoms with Crippen molar-refractivity contribution in [2.45, 2.75) is 58.0 Å². The summed E-state index contributed by atoms with van der Waals surface area (Å²) in [6, 6.07) is 8.69. The number of likely N-dealkylation sites (tertiary alicyclic amines) is 1. The highest BCUT2D eigenvalue weighted by atomic mass is 16.2. The third kappa shape index (κ3) is 3.74. The van der Waals surface area contributed by atoms with Gasteiger partial charge in [0.2, 0.25) is 11.8 Å². The van der Waals surface area contributed by atoms with E-state index in [1.54, 1.807) is 0 Å². The Morgan fingerprint density at radius 3 is 2.48 bits per heavy atom. The highest BCUT2D eigenvalue weighted by Gasteiger charge is 2.38. The second-order valence-corrected chi connectivity index (χ2v) is 6.77. The average molecular weight is 314 g/mol. The number of amides is 2. The van der Waals surface area contributed by atoms with Gasteiger partial charge < -0.3 is 10.2 Å². The largest absolute Gasteiger partial charge is 0.352 e. The lowest BCUT2D eigenvalue weighted by Crippen LogP contribution is -2.36. The highest BCUT2D eigenvalue weighted by Crippen LogP contribution is 2.29. The van der Waals surface area contributed by atoms with Gasteiger partial charge in [-0.25, -0.2) is 0 Å². The Labute approximate surface area is 138 Å². The molecule has 1 N–H and O–H groups in total. The minimum atomic E-state index is -0.182. The maximum Gasteiger partial charge on any atom is 0.225 e. The molecular formula is C19H26N2O2. The molecule has 23 heavy (non-hydrogen) atoms. The molecule has 1 saturated carbocycles. The molecule has 124 valence electrons. The molecule has 1 heterocycles. The fourth-order valence-corrected chi connectivity index (χ4v) is 3.70. The molecule has 0 bridgehead atoms. The van der Waals surface area contributed by atoms with Crippen LogP contribution in [-0.2, 0) is 22.6 Å². The number of hydrogen-bond donors (Lipinski definition) is 1. The van der Waals surface area contributed by atoms with Gasteiger partial charge in [-0.1, -0.05) is 44.0 Å². The molecule has 0 radical (unpaired) electrons. The van der Waals surface area contributed by atoms with Gasteiger partial charge in [0.15, 0.2) is 0 Å². The fourth-order valence-electron chi connectivity index (χ4n) is 3.70. The predicted octanol–water partition coefficient (Wildman–Crippen LogP) is 2.66. The zero-order valence-electron chi connectivity index (χ0n) is 13.9. The lowest BCUT2D eigenvalue weighted by molar-refractivity contribution is -0.130. The molecule has 4 heteroatoms. The zero-order chi connectivity index (χ0) is 16.2. The van der Waals surface area contributed by atoms with E-state index < -0.39 is 0 Å². The van der Waals surface area contributed by atoms with Gasteiger partial charge in [0, 0.05) is 25.6 Å². The van der Waals surface area contributed by atoms with Gasteiger partial charge in [-0.15, -0.1) is 0 Å². The number of hydrogen-bond acceptors (Lipinski definition) is 2. The molecule has 3 rings (SSSR count). The summed E-state index contributed by atoms with van der Waals surface area (Å²) < 4.78 is 0. The minimum Gasteiger partial charge on any atom is -0.352 e. The van der Waals surface area contributed by atoms with Crippen LogP contribution in [0.2, 0.25) is 0 Å². The van der Waals surface area contributed by atoms with E-state index in [2.05, 4.69) is 36.5 Å². The van der Waals surface area contributed by atoms with Crippen LogP contribution in [-0.4, -0.2) is 29.3 Å². The smallest absolute Gasteiger partial charge is 0.225 e. The molecule has 1 aromatic carbocycles. The summed E-state index contributed by atoms with van der Waals surface area (Å²) in [4.78, 5) is 26.5. The lowest BCUT2D eigenvalue weighted by Gasteiger charge is -2.23. The Kier molecular flexibility index (Phi) is 4.99. The van der Waals surface area contributed by atoms with E-state index in [0.717, 1.165) is 24.8 Å². The summed E-state index contributed by atoms with van der Waals surface area (Å²) in [6.45, 7) is 3.27. The second-order valence-electron chi connectivity index (χ2n) is 6.77. The third-order valence-corrected chi connectivity index (χ3v) is 5.19. The second kappa shape index (κ2) is 7.16. The topological polar surface area (TPSA) is 49.4 Å². The van der Waals surface area contributed by atoms with Crippen LogP contribution < -0.4 is 5.32 Å². The molecule has 4 nitrogen and oxygen atoms in total. The number of carbonyl (C=O) groups is 2. The van der Waals surface area contributed by atoms with Gasteiger partial charge in [0.05, 0.1) is 5.92 Å². The summed E-state index contributed by atoms with van der Waals surface area (Å²) in [7, 11) is 0. The van der Waals surface area contributed by atoms with Crippen LogP contribution in [0.3, 0.4) is 0 Å². The molecule has 1 atom stereocenters. The van der Waals surface area contributed by atoms with Crippen molar-refractivity contribution < 1.29 is 9.59 Å². The number of nitrogens with zero attached hydrogens (tertiary/aromatic N) is 1. The van der Waals surface area contributed by atoms with Crippen LogP contribution in [0.1, 0.15) is 50.2 Å². The van der Waals surface area contributed by atoms with Crippen LogP contribution in [0.15, 0.2) is 24.3 Å². The van der Waals surface area contributed by atoms with Crippen molar-refractivity contribution >= 4 is 11.8 Å². The summed E-state index contributed by atoms with van der Waals surface area (Å²) in [5.41, 5.74) is 2.40. The van der Waals surface area contributed by atoms with Crippen molar-refractivity contribution in [2.24, 2.45) is 5.92 Å². The Morgan fingerprint density at radius 1 is 1.17 bits per heavy atom. The quantitative estimate of drug-likeness (QED) is 0.908. The number of aryl methyl sites for hydroxylation is 1. The van der Waals surface area contributed by atoms with E-state index >= 15 is 0 Å². The zero-order valence-corrected chi connectivity index (χ0v) is 13.9. The van der Waals surface area contributed by atoms with Crippen molar-refractivity contribution in [1.29, 1.82) is 0 Å². The predicted molar refractivity (Wildman–Crippen MR) is 89.7 cm³/mol. The Bertz CT molecular complexity index is 561. The Balaban J connectivity index is 1.51. The van der Waals surface area contributed by atoms with Crippen molar-refractivity contribution in [3.05, 3.63) is 35.4 Å². The van der Waals surface area contributed by atoms with Crippen LogP contribution in [0.4, 0.5) is 0 Å². The van der Waals surface area contributed by atoms with Gasteiger partial charge in [-0.2, -0.15) is 0 Å². The maximum absolute atomic E-state index is 12.4. The standard InChI is InChI=1S/C19H26N2O2/c1-2-14-7-9-15(10-8-14)12-20-19(23)16-11-18(22)21(13-16)17-5-3-4-6-17/h7-10,16-17H,2-6,11-13H2,1H3,(H,20,23)/t16-/m1/s1. The van der Waals surface area contributed by atoms with Crippen LogP contribution in [0.5, 0.6) is 0 Å². The number of benzene rings is 1. The van der Waals surface area contributed by atoms with E-state index in [1.807, 2.05) is 4.90 Å².